The fourth-order valence-corrected chi connectivity index (χ4v) is 3.01. The van der Waals surface area contributed by atoms with Crippen LogP contribution in [0, 0.1) is 11.3 Å². The highest BCUT2D eigenvalue weighted by Gasteiger charge is 2.33. The summed E-state index contributed by atoms with van der Waals surface area (Å²) in [4.78, 5) is 2.46. The van der Waals surface area contributed by atoms with Gasteiger partial charge < -0.3 is 10.2 Å². The van der Waals surface area contributed by atoms with E-state index in [4.69, 9.17) is 0 Å². The van der Waals surface area contributed by atoms with Gasteiger partial charge in [-0.15, -0.1) is 0 Å². The van der Waals surface area contributed by atoms with E-state index in [-0.39, 0.29) is 0 Å². The van der Waals surface area contributed by atoms with Gasteiger partial charge in [0.25, 0.3) is 0 Å². The standard InChI is InChI=1S/C16H22BrN3/c1-13(2)20-10-3-8-16(12-18,9-11-20)19-15-6-4-14(17)5-7-15/h4-7,13,19H,3,8-11H2,1-2H3. The molecule has 1 saturated heterocycles. The van der Waals surface area contributed by atoms with E-state index in [1.54, 1.807) is 0 Å². The van der Waals surface area contributed by atoms with Crippen LogP contribution in [0.3, 0.4) is 0 Å². The van der Waals surface area contributed by atoms with Crippen molar-refractivity contribution in [3.8, 4) is 6.07 Å². The monoisotopic (exact) mass is 335 g/mol. The SMILES string of the molecule is CC(C)N1CCCC(C#N)(Nc2ccc(Br)cc2)CC1. The van der Waals surface area contributed by atoms with Gasteiger partial charge in [0.15, 0.2) is 0 Å². The molecule has 0 aliphatic carbocycles. The van der Waals surface area contributed by atoms with Crippen LogP contribution in [-0.2, 0) is 0 Å². The van der Waals surface area contributed by atoms with Crippen LogP contribution in [0.4, 0.5) is 5.69 Å². The number of nitrogens with zero attached hydrogens (tertiary/aromatic N) is 2. The van der Waals surface area contributed by atoms with Crippen LogP contribution >= 0.6 is 15.9 Å². The summed E-state index contributed by atoms with van der Waals surface area (Å²) in [6, 6.07) is 11.1. The van der Waals surface area contributed by atoms with E-state index in [1.807, 2.05) is 24.3 Å². The molecule has 1 aromatic rings. The summed E-state index contributed by atoms with van der Waals surface area (Å²) in [5.74, 6) is 0. The van der Waals surface area contributed by atoms with Crippen molar-refractivity contribution in [3.05, 3.63) is 28.7 Å². The number of nitriles is 1. The molecule has 1 heterocycles. The van der Waals surface area contributed by atoms with E-state index >= 15 is 0 Å². The Kier molecular flexibility index (Phi) is 5.06. The lowest BCUT2D eigenvalue weighted by molar-refractivity contribution is 0.229. The van der Waals surface area contributed by atoms with Crippen molar-refractivity contribution >= 4 is 21.6 Å². The van der Waals surface area contributed by atoms with Crippen LogP contribution in [-0.4, -0.2) is 29.6 Å². The molecule has 1 N–H and O–H groups in total. The number of hydrogen-bond donors (Lipinski definition) is 1. The highest BCUT2D eigenvalue weighted by molar-refractivity contribution is 9.10. The third-order valence-electron chi connectivity index (χ3n) is 4.05. The van der Waals surface area contributed by atoms with Crippen molar-refractivity contribution < 1.29 is 0 Å². The van der Waals surface area contributed by atoms with E-state index < -0.39 is 5.54 Å². The highest BCUT2D eigenvalue weighted by Crippen LogP contribution is 2.28. The topological polar surface area (TPSA) is 39.1 Å². The average Bonchev–Trinajstić information content (AvgIpc) is 2.65. The van der Waals surface area contributed by atoms with Crippen LogP contribution in [0.15, 0.2) is 28.7 Å². The number of hydrogen-bond acceptors (Lipinski definition) is 3. The zero-order valence-corrected chi connectivity index (χ0v) is 13.8. The minimum absolute atomic E-state index is 0.433. The van der Waals surface area contributed by atoms with Crippen molar-refractivity contribution in [2.45, 2.75) is 44.7 Å². The third-order valence-corrected chi connectivity index (χ3v) is 4.58. The quantitative estimate of drug-likeness (QED) is 0.906. The smallest absolute Gasteiger partial charge is 0.126 e. The lowest BCUT2D eigenvalue weighted by Crippen LogP contribution is -2.38. The normalized spacial score (nSPS) is 24.1. The Balaban J connectivity index is 2.10. The highest BCUT2D eigenvalue weighted by atomic mass is 79.9. The number of likely N-dealkylation sites (tertiary alicyclic amines) is 1. The summed E-state index contributed by atoms with van der Waals surface area (Å²) in [5.41, 5.74) is 0.588. The lowest BCUT2D eigenvalue weighted by atomic mass is 9.92. The number of anilines is 1. The van der Waals surface area contributed by atoms with Gasteiger partial charge in [-0.05, 0) is 63.9 Å². The number of rotatable bonds is 3. The number of nitrogens with one attached hydrogen (secondary N) is 1. The lowest BCUT2D eigenvalue weighted by Gasteiger charge is -2.28. The number of halogens is 1. The molecule has 1 atom stereocenters. The molecule has 0 spiro atoms. The molecule has 1 unspecified atom stereocenters. The molecular weight excluding hydrogens is 314 g/mol. The molecule has 0 amide bonds. The zero-order chi connectivity index (χ0) is 14.6. The van der Waals surface area contributed by atoms with Crippen LogP contribution in [0.5, 0.6) is 0 Å². The molecular formula is C16H22BrN3. The molecule has 20 heavy (non-hydrogen) atoms. The van der Waals surface area contributed by atoms with Crippen molar-refractivity contribution in [1.29, 1.82) is 5.26 Å². The molecule has 3 nitrogen and oxygen atoms in total. The first kappa shape index (κ1) is 15.3. The van der Waals surface area contributed by atoms with Crippen LogP contribution in [0.1, 0.15) is 33.1 Å². The summed E-state index contributed by atoms with van der Waals surface area (Å²) in [7, 11) is 0. The minimum atomic E-state index is -0.433. The second-order valence-electron chi connectivity index (χ2n) is 5.81. The Morgan fingerprint density at radius 3 is 2.55 bits per heavy atom. The molecule has 2 rings (SSSR count). The van der Waals surface area contributed by atoms with E-state index in [0.29, 0.717) is 6.04 Å². The van der Waals surface area contributed by atoms with Gasteiger partial charge in [-0.3, -0.25) is 0 Å². The van der Waals surface area contributed by atoms with Crippen LogP contribution in [0.2, 0.25) is 0 Å². The molecule has 4 heteroatoms. The largest absolute Gasteiger partial charge is 0.367 e. The van der Waals surface area contributed by atoms with Crippen molar-refractivity contribution in [1.82, 2.24) is 4.90 Å². The van der Waals surface area contributed by atoms with Gasteiger partial charge in [-0.2, -0.15) is 5.26 Å². The average molecular weight is 336 g/mol. The zero-order valence-electron chi connectivity index (χ0n) is 12.2. The predicted octanol–water partition coefficient (Wildman–Crippen LogP) is 4.02. The Morgan fingerprint density at radius 1 is 1.25 bits per heavy atom. The fourth-order valence-electron chi connectivity index (χ4n) is 2.75. The molecule has 1 aliphatic rings. The van der Waals surface area contributed by atoms with E-state index in [2.05, 4.69) is 46.1 Å². The number of benzene rings is 1. The van der Waals surface area contributed by atoms with Gasteiger partial charge in [0.1, 0.15) is 5.54 Å². The first-order valence-corrected chi connectivity index (χ1v) is 8.03. The molecule has 108 valence electrons. The first-order valence-electron chi connectivity index (χ1n) is 7.24. The predicted molar refractivity (Wildman–Crippen MR) is 86.7 cm³/mol. The van der Waals surface area contributed by atoms with Gasteiger partial charge in [-0.25, -0.2) is 0 Å². The maximum Gasteiger partial charge on any atom is 0.126 e. The summed E-state index contributed by atoms with van der Waals surface area (Å²) < 4.78 is 1.06. The van der Waals surface area contributed by atoms with Crippen LogP contribution < -0.4 is 5.32 Å². The molecule has 0 radical (unpaired) electrons. The summed E-state index contributed by atoms with van der Waals surface area (Å²) >= 11 is 3.44. The molecule has 0 saturated carbocycles. The maximum atomic E-state index is 9.67. The summed E-state index contributed by atoms with van der Waals surface area (Å²) in [6.07, 6.45) is 2.84. The van der Waals surface area contributed by atoms with Gasteiger partial charge >= 0.3 is 0 Å². The summed E-state index contributed by atoms with van der Waals surface area (Å²) in [6.45, 7) is 6.51. The van der Waals surface area contributed by atoms with E-state index in [9.17, 15) is 5.26 Å². The minimum Gasteiger partial charge on any atom is -0.367 e. The van der Waals surface area contributed by atoms with Crippen LogP contribution in [0.25, 0.3) is 0 Å². The summed E-state index contributed by atoms with van der Waals surface area (Å²) in [5, 5.41) is 13.1. The second-order valence-corrected chi connectivity index (χ2v) is 6.72. The van der Waals surface area contributed by atoms with E-state index in [1.165, 1.54) is 0 Å². The Labute approximate surface area is 130 Å². The Morgan fingerprint density at radius 2 is 1.95 bits per heavy atom. The van der Waals surface area contributed by atoms with Crippen molar-refractivity contribution in [3.63, 3.8) is 0 Å². The molecule has 1 fully saturated rings. The van der Waals surface area contributed by atoms with Gasteiger partial charge in [-0.1, -0.05) is 15.9 Å². The Bertz CT molecular complexity index is 477. The maximum absolute atomic E-state index is 9.67. The molecule has 1 aromatic carbocycles. The Hall–Kier alpha value is -1.05. The molecule has 0 aromatic heterocycles. The van der Waals surface area contributed by atoms with Gasteiger partial charge in [0.05, 0.1) is 6.07 Å². The fraction of sp³-hybridized carbons (Fsp3) is 0.562. The first-order chi connectivity index (χ1) is 9.54. The molecule has 1 aliphatic heterocycles. The van der Waals surface area contributed by atoms with Gasteiger partial charge in [0.2, 0.25) is 0 Å². The molecule has 0 bridgehead atoms. The second kappa shape index (κ2) is 6.60. The third kappa shape index (κ3) is 3.74. The van der Waals surface area contributed by atoms with Crippen molar-refractivity contribution in [2.75, 3.05) is 18.4 Å². The van der Waals surface area contributed by atoms with Crippen molar-refractivity contribution in [2.24, 2.45) is 0 Å². The van der Waals surface area contributed by atoms with Gasteiger partial charge in [0, 0.05) is 22.7 Å². The van der Waals surface area contributed by atoms with E-state index in [0.717, 1.165) is 42.5 Å².